The van der Waals surface area contributed by atoms with Crippen molar-refractivity contribution in [3.63, 3.8) is 0 Å². The highest BCUT2D eigenvalue weighted by atomic mass is 35.5. The molecule has 0 saturated carbocycles. The molecule has 4 nitrogen and oxygen atoms in total. The van der Waals surface area contributed by atoms with E-state index < -0.39 is 5.60 Å². The second-order valence-corrected chi connectivity index (χ2v) is 9.00. The van der Waals surface area contributed by atoms with Gasteiger partial charge in [-0.3, -0.25) is 4.90 Å². The van der Waals surface area contributed by atoms with Crippen molar-refractivity contribution in [2.45, 2.75) is 24.9 Å². The predicted octanol–water partition coefficient (Wildman–Crippen LogP) is 5.29. The molecule has 0 radical (unpaired) electrons. The highest BCUT2D eigenvalue weighted by molar-refractivity contribution is 6.30. The number of ether oxygens (including phenoxy) is 2. The van der Waals surface area contributed by atoms with Gasteiger partial charge in [0.1, 0.15) is 11.4 Å². The molecule has 1 saturated heterocycles. The molecule has 1 aliphatic rings. The van der Waals surface area contributed by atoms with E-state index in [9.17, 15) is 5.11 Å². The van der Waals surface area contributed by atoms with Crippen LogP contribution in [0.3, 0.4) is 0 Å². The summed E-state index contributed by atoms with van der Waals surface area (Å²) >= 11 is 6.21. The fourth-order valence-corrected chi connectivity index (χ4v) is 4.74. The van der Waals surface area contributed by atoms with Crippen LogP contribution in [0.1, 0.15) is 29.5 Å². The van der Waals surface area contributed by atoms with Gasteiger partial charge in [0.15, 0.2) is 0 Å². The standard InChI is InChI=1S/C28H32ClNO3/c1-2-33-26-14-10-24(11-15-26)28(31,20-22-6-4-3-5-7-22)27(21-30-16-18-32-19-17-30)23-8-12-25(29)13-9-23/h3-15,27,31H,2,16-21H2,1H3. The third kappa shape index (κ3) is 5.96. The molecule has 1 fully saturated rings. The van der Waals surface area contributed by atoms with Crippen molar-refractivity contribution in [2.75, 3.05) is 39.5 Å². The molecule has 1 aliphatic heterocycles. The smallest absolute Gasteiger partial charge is 0.119 e. The second kappa shape index (κ2) is 11.2. The molecule has 0 aliphatic carbocycles. The topological polar surface area (TPSA) is 41.9 Å². The molecule has 1 N–H and O–H groups in total. The third-order valence-corrected chi connectivity index (χ3v) is 6.63. The van der Waals surface area contributed by atoms with Gasteiger partial charge in [-0.1, -0.05) is 66.2 Å². The number of nitrogens with zero attached hydrogens (tertiary/aromatic N) is 1. The van der Waals surface area contributed by atoms with E-state index in [0.29, 0.717) is 31.3 Å². The molecule has 0 spiro atoms. The van der Waals surface area contributed by atoms with Crippen LogP contribution in [0.5, 0.6) is 5.75 Å². The summed E-state index contributed by atoms with van der Waals surface area (Å²) < 4.78 is 11.2. The molecule has 3 aromatic carbocycles. The van der Waals surface area contributed by atoms with E-state index in [1.54, 1.807) is 0 Å². The van der Waals surface area contributed by atoms with Gasteiger partial charge < -0.3 is 14.6 Å². The highest BCUT2D eigenvalue weighted by Crippen LogP contribution is 2.41. The molecule has 2 atom stereocenters. The number of hydrogen-bond donors (Lipinski definition) is 1. The zero-order valence-corrected chi connectivity index (χ0v) is 19.9. The van der Waals surface area contributed by atoms with Gasteiger partial charge in [0.05, 0.1) is 19.8 Å². The van der Waals surface area contributed by atoms with Gasteiger partial charge in [-0.25, -0.2) is 0 Å². The summed E-state index contributed by atoms with van der Waals surface area (Å²) in [5.74, 6) is 0.644. The first-order valence-electron chi connectivity index (χ1n) is 11.6. The Labute approximate surface area is 201 Å². The van der Waals surface area contributed by atoms with Crippen LogP contribution < -0.4 is 4.74 Å². The molecule has 2 unspecified atom stereocenters. The Balaban J connectivity index is 1.77. The van der Waals surface area contributed by atoms with Crippen molar-refractivity contribution in [3.8, 4) is 5.75 Å². The zero-order chi connectivity index (χ0) is 23.1. The maximum Gasteiger partial charge on any atom is 0.119 e. The number of rotatable bonds is 9. The Hall–Kier alpha value is -2.37. The van der Waals surface area contributed by atoms with Crippen molar-refractivity contribution in [1.29, 1.82) is 0 Å². The maximum atomic E-state index is 12.5. The van der Waals surface area contributed by atoms with Crippen LogP contribution in [0.2, 0.25) is 5.02 Å². The van der Waals surface area contributed by atoms with Gasteiger partial charge in [-0.05, 0) is 47.9 Å². The lowest BCUT2D eigenvalue weighted by molar-refractivity contribution is -0.0223. The number of aliphatic hydroxyl groups is 1. The van der Waals surface area contributed by atoms with Gasteiger partial charge >= 0.3 is 0 Å². The summed E-state index contributed by atoms with van der Waals surface area (Å²) in [4.78, 5) is 2.38. The largest absolute Gasteiger partial charge is 0.494 e. The van der Waals surface area contributed by atoms with E-state index in [2.05, 4.69) is 17.0 Å². The molecule has 0 aromatic heterocycles. The molecule has 174 valence electrons. The van der Waals surface area contributed by atoms with Crippen LogP contribution in [0, 0.1) is 0 Å². The minimum atomic E-state index is -1.13. The summed E-state index contributed by atoms with van der Waals surface area (Å²) in [6.45, 7) is 6.45. The summed E-state index contributed by atoms with van der Waals surface area (Å²) in [5, 5.41) is 13.2. The van der Waals surface area contributed by atoms with Crippen LogP contribution in [0.15, 0.2) is 78.9 Å². The molecular formula is C28H32ClNO3. The number of morpholine rings is 1. The summed E-state index contributed by atoms with van der Waals surface area (Å²) in [5.41, 5.74) is 1.91. The molecular weight excluding hydrogens is 434 g/mol. The van der Waals surface area contributed by atoms with E-state index in [1.165, 1.54) is 0 Å². The molecule has 3 aromatic rings. The third-order valence-electron chi connectivity index (χ3n) is 6.37. The first-order chi connectivity index (χ1) is 16.1. The molecule has 0 amide bonds. The lowest BCUT2D eigenvalue weighted by Gasteiger charge is -2.41. The Morgan fingerprint density at radius 1 is 0.970 bits per heavy atom. The Kier molecular flexibility index (Phi) is 8.05. The number of hydrogen-bond acceptors (Lipinski definition) is 4. The monoisotopic (exact) mass is 465 g/mol. The van der Waals surface area contributed by atoms with E-state index >= 15 is 0 Å². The second-order valence-electron chi connectivity index (χ2n) is 8.56. The fraction of sp³-hybridized carbons (Fsp3) is 0.357. The lowest BCUT2D eigenvalue weighted by atomic mass is 9.73. The van der Waals surface area contributed by atoms with Gasteiger partial charge in [0.25, 0.3) is 0 Å². The van der Waals surface area contributed by atoms with Gasteiger partial charge in [0, 0.05) is 37.0 Å². The Morgan fingerprint density at radius 2 is 1.64 bits per heavy atom. The van der Waals surface area contributed by atoms with E-state index in [0.717, 1.165) is 42.1 Å². The fourth-order valence-electron chi connectivity index (χ4n) is 4.61. The maximum absolute atomic E-state index is 12.5. The summed E-state index contributed by atoms with van der Waals surface area (Å²) in [6, 6.07) is 26.0. The molecule has 4 rings (SSSR count). The van der Waals surface area contributed by atoms with Crippen molar-refractivity contribution in [2.24, 2.45) is 0 Å². The quantitative estimate of drug-likeness (QED) is 0.466. The predicted molar refractivity (Wildman–Crippen MR) is 133 cm³/mol. The molecule has 0 bridgehead atoms. The van der Waals surface area contributed by atoms with Crippen LogP contribution in [0.25, 0.3) is 0 Å². The molecule has 5 heteroatoms. The summed E-state index contributed by atoms with van der Waals surface area (Å²) in [7, 11) is 0. The lowest BCUT2D eigenvalue weighted by Crippen LogP contribution is -2.45. The Morgan fingerprint density at radius 3 is 2.27 bits per heavy atom. The van der Waals surface area contributed by atoms with Gasteiger partial charge in [0.2, 0.25) is 0 Å². The van der Waals surface area contributed by atoms with Gasteiger partial charge in [-0.2, -0.15) is 0 Å². The highest BCUT2D eigenvalue weighted by Gasteiger charge is 2.40. The van der Waals surface area contributed by atoms with Crippen molar-refractivity contribution in [1.82, 2.24) is 4.90 Å². The van der Waals surface area contributed by atoms with Crippen LogP contribution in [-0.2, 0) is 16.8 Å². The first kappa shape index (κ1) is 23.8. The average molecular weight is 466 g/mol. The number of halogens is 1. The van der Waals surface area contributed by atoms with Gasteiger partial charge in [-0.15, -0.1) is 0 Å². The van der Waals surface area contributed by atoms with Crippen molar-refractivity contribution < 1.29 is 14.6 Å². The first-order valence-corrected chi connectivity index (χ1v) is 12.0. The average Bonchev–Trinajstić information content (AvgIpc) is 2.85. The van der Waals surface area contributed by atoms with Crippen LogP contribution in [-0.4, -0.2) is 49.5 Å². The van der Waals surface area contributed by atoms with Crippen molar-refractivity contribution >= 4 is 11.6 Å². The molecule has 1 heterocycles. The van der Waals surface area contributed by atoms with Crippen LogP contribution >= 0.6 is 11.6 Å². The minimum Gasteiger partial charge on any atom is -0.494 e. The summed E-state index contributed by atoms with van der Waals surface area (Å²) in [6.07, 6.45) is 0.499. The molecule has 33 heavy (non-hydrogen) atoms. The zero-order valence-electron chi connectivity index (χ0n) is 19.1. The van der Waals surface area contributed by atoms with E-state index in [-0.39, 0.29) is 5.92 Å². The normalized spacial score (nSPS) is 17.3. The van der Waals surface area contributed by atoms with E-state index in [4.69, 9.17) is 21.1 Å². The van der Waals surface area contributed by atoms with Crippen molar-refractivity contribution in [3.05, 3.63) is 101 Å². The minimum absolute atomic E-state index is 0.161. The van der Waals surface area contributed by atoms with E-state index in [1.807, 2.05) is 73.7 Å². The number of benzene rings is 3. The SMILES string of the molecule is CCOc1ccc(C(O)(Cc2ccccc2)C(CN2CCOCC2)c2ccc(Cl)cc2)cc1. The van der Waals surface area contributed by atoms with Crippen LogP contribution in [0.4, 0.5) is 0 Å². The Bertz CT molecular complexity index is 988.